The molecular weight excluding hydrogens is 514 g/mol. The molecule has 0 atom stereocenters. The second kappa shape index (κ2) is 12.5. The van der Waals surface area contributed by atoms with Crippen molar-refractivity contribution < 1.29 is 4.39 Å². The molecule has 1 aliphatic rings. The Kier molecular flexibility index (Phi) is 10.4. The van der Waals surface area contributed by atoms with Crippen LogP contribution in [0.2, 0.25) is 0 Å². The molecule has 0 saturated heterocycles. The fraction of sp³-hybridized carbons (Fsp3) is 0.571. The first kappa shape index (κ1) is 24.9. The van der Waals surface area contributed by atoms with Crippen molar-refractivity contribution in [3.63, 3.8) is 0 Å². The molecule has 1 saturated carbocycles. The van der Waals surface area contributed by atoms with E-state index in [0.717, 1.165) is 47.3 Å². The van der Waals surface area contributed by atoms with E-state index >= 15 is 0 Å². The maximum absolute atomic E-state index is 13.6. The number of nitrogens with zero attached hydrogens (tertiary/aromatic N) is 4. The van der Waals surface area contributed by atoms with Gasteiger partial charge >= 0.3 is 0 Å². The van der Waals surface area contributed by atoms with E-state index in [4.69, 9.17) is 4.99 Å². The summed E-state index contributed by atoms with van der Waals surface area (Å²) in [5.41, 5.74) is 2.06. The van der Waals surface area contributed by atoms with Gasteiger partial charge in [-0.1, -0.05) is 25.3 Å². The second-order valence-corrected chi connectivity index (χ2v) is 8.43. The Morgan fingerprint density at radius 1 is 1.23 bits per heavy atom. The minimum atomic E-state index is -0.196. The van der Waals surface area contributed by atoms with E-state index in [1.165, 1.54) is 25.3 Å². The van der Waals surface area contributed by atoms with E-state index in [9.17, 15) is 4.39 Å². The van der Waals surface area contributed by atoms with Gasteiger partial charge in [-0.3, -0.25) is 0 Å². The van der Waals surface area contributed by atoms with Crippen molar-refractivity contribution in [3.05, 3.63) is 46.8 Å². The molecule has 0 radical (unpaired) electrons. The van der Waals surface area contributed by atoms with Crippen molar-refractivity contribution in [2.45, 2.75) is 63.9 Å². The van der Waals surface area contributed by atoms with Crippen LogP contribution in [0.5, 0.6) is 0 Å². The highest BCUT2D eigenvalue weighted by molar-refractivity contribution is 14.0. The van der Waals surface area contributed by atoms with E-state index in [0.29, 0.717) is 19.1 Å². The Morgan fingerprint density at radius 2 is 2.00 bits per heavy atom. The molecule has 6 nitrogen and oxygen atoms in total. The van der Waals surface area contributed by atoms with Crippen LogP contribution < -0.4 is 10.6 Å². The molecule has 9 heteroatoms. The summed E-state index contributed by atoms with van der Waals surface area (Å²) in [5.74, 6) is 3.11. The van der Waals surface area contributed by atoms with E-state index in [1.54, 1.807) is 17.8 Å². The first-order valence-corrected chi connectivity index (χ1v) is 11.6. The molecule has 2 aromatic rings. The third kappa shape index (κ3) is 7.11. The van der Waals surface area contributed by atoms with Crippen molar-refractivity contribution in [1.29, 1.82) is 0 Å². The third-order valence-corrected chi connectivity index (χ3v) is 6.02. The lowest BCUT2D eigenvalue weighted by Gasteiger charge is -2.25. The molecule has 1 aromatic heterocycles. The van der Waals surface area contributed by atoms with Crippen molar-refractivity contribution in [3.8, 4) is 0 Å². The SMILES string of the molecule is CSCc1cc(F)ccc1CN=C(NCc1nnc(C)n1C)NC1CCCCC1.I. The molecule has 30 heavy (non-hydrogen) atoms. The van der Waals surface area contributed by atoms with Crippen LogP contribution in [-0.4, -0.2) is 33.0 Å². The fourth-order valence-electron chi connectivity index (χ4n) is 3.56. The maximum Gasteiger partial charge on any atom is 0.192 e. The molecule has 0 amide bonds. The van der Waals surface area contributed by atoms with Gasteiger partial charge in [-0.15, -0.1) is 34.2 Å². The van der Waals surface area contributed by atoms with Crippen LogP contribution in [0.4, 0.5) is 4.39 Å². The van der Waals surface area contributed by atoms with Crippen LogP contribution in [-0.2, 0) is 25.9 Å². The van der Waals surface area contributed by atoms with E-state index in [-0.39, 0.29) is 29.8 Å². The highest BCUT2D eigenvalue weighted by Gasteiger charge is 2.15. The van der Waals surface area contributed by atoms with Crippen LogP contribution in [0.1, 0.15) is 54.9 Å². The van der Waals surface area contributed by atoms with Crippen LogP contribution in [0.25, 0.3) is 0 Å². The molecule has 3 rings (SSSR count). The zero-order valence-electron chi connectivity index (χ0n) is 17.9. The van der Waals surface area contributed by atoms with Crippen LogP contribution in [0, 0.1) is 12.7 Å². The summed E-state index contributed by atoms with van der Waals surface area (Å²) in [6.07, 6.45) is 8.17. The number of thioether (sulfide) groups is 1. The number of benzene rings is 1. The topological polar surface area (TPSA) is 67.1 Å². The van der Waals surface area contributed by atoms with Crippen molar-refractivity contribution in [1.82, 2.24) is 25.4 Å². The van der Waals surface area contributed by atoms with Gasteiger partial charge in [-0.2, -0.15) is 11.8 Å². The Hall–Kier alpha value is -1.36. The lowest BCUT2D eigenvalue weighted by atomic mass is 9.96. The summed E-state index contributed by atoms with van der Waals surface area (Å²) in [5, 5.41) is 15.3. The van der Waals surface area contributed by atoms with Gasteiger partial charge in [0.1, 0.15) is 11.6 Å². The highest BCUT2D eigenvalue weighted by Crippen LogP contribution is 2.19. The summed E-state index contributed by atoms with van der Waals surface area (Å²) >= 11 is 1.69. The van der Waals surface area contributed by atoms with Crippen LogP contribution in [0.3, 0.4) is 0 Å². The van der Waals surface area contributed by atoms with Crippen molar-refractivity contribution >= 4 is 41.7 Å². The Labute approximate surface area is 199 Å². The van der Waals surface area contributed by atoms with E-state index < -0.39 is 0 Å². The Bertz CT molecular complexity index is 835. The Morgan fingerprint density at radius 3 is 2.67 bits per heavy atom. The monoisotopic (exact) mass is 546 g/mol. The predicted octanol–water partition coefficient (Wildman–Crippen LogP) is 4.31. The van der Waals surface area contributed by atoms with Gasteiger partial charge in [-0.25, -0.2) is 9.38 Å². The molecule has 0 spiro atoms. The minimum absolute atomic E-state index is 0. The summed E-state index contributed by atoms with van der Waals surface area (Å²) in [7, 11) is 1.96. The quantitative estimate of drug-likeness (QED) is 0.308. The second-order valence-electron chi connectivity index (χ2n) is 7.57. The third-order valence-electron chi connectivity index (χ3n) is 5.42. The van der Waals surface area contributed by atoms with Gasteiger partial charge in [0.05, 0.1) is 13.1 Å². The number of aromatic nitrogens is 3. The van der Waals surface area contributed by atoms with Crippen LogP contribution in [0.15, 0.2) is 23.2 Å². The minimum Gasteiger partial charge on any atom is -0.354 e. The normalized spacial score (nSPS) is 15.0. The summed E-state index contributed by atoms with van der Waals surface area (Å²) in [4.78, 5) is 4.82. The van der Waals surface area contributed by atoms with Gasteiger partial charge < -0.3 is 15.2 Å². The standard InChI is InChI=1S/C21H31FN6S.HI/c1-15-26-27-20(28(15)2)13-24-21(25-19-7-5-4-6-8-19)23-12-16-9-10-18(22)11-17(16)14-29-3;/h9-11,19H,4-8,12-14H2,1-3H3,(H2,23,24,25);1H. The molecule has 166 valence electrons. The van der Waals surface area contributed by atoms with E-state index in [2.05, 4.69) is 20.8 Å². The van der Waals surface area contributed by atoms with Gasteiger partial charge in [0.15, 0.2) is 11.8 Å². The van der Waals surface area contributed by atoms with Crippen molar-refractivity contribution in [2.75, 3.05) is 6.26 Å². The summed E-state index contributed by atoms with van der Waals surface area (Å²) < 4.78 is 15.6. The van der Waals surface area contributed by atoms with Gasteiger partial charge in [0.25, 0.3) is 0 Å². The van der Waals surface area contributed by atoms with Gasteiger partial charge in [0.2, 0.25) is 0 Å². The number of hydrogen-bond acceptors (Lipinski definition) is 4. The molecule has 0 bridgehead atoms. The smallest absolute Gasteiger partial charge is 0.192 e. The fourth-order valence-corrected chi connectivity index (χ4v) is 4.14. The number of halogens is 2. The zero-order chi connectivity index (χ0) is 20.6. The maximum atomic E-state index is 13.6. The van der Waals surface area contributed by atoms with Gasteiger partial charge in [0, 0.05) is 18.8 Å². The molecule has 2 N–H and O–H groups in total. The largest absolute Gasteiger partial charge is 0.354 e. The molecule has 1 aliphatic carbocycles. The average Bonchev–Trinajstić information content (AvgIpc) is 3.04. The summed E-state index contributed by atoms with van der Waals surface area (Å²) in [6.45, 7) is 3.00. The first-order valence-electron chi connectivity index (χ1n) is 10.2. The zero-order valence-corrected chi connectivity index (χ0v) is 21.1. The molecule has 0 unspecified atom stereocenters. The van der Waals surface area contributed by atoms with Gasteiger partial charge in [-0.05, 0) is 49.3 Å². The number of guanidine groups is 1. The molecule has 1 heterocycles. The van der Waals surface area contributed by atoms with E-state index in [1.807, 2.05) is 30.9 Å². The lowest BCUT2D eigenvalue weighted by molar-refractivity contribution is 0.409. The van der Waals surface area contributed by atoms with Crippen LogP contribution >= 0.6 is 35.7 Å². The number of hydrogen-bond donors (Lipinski definition) is 2. The molecule has 0 aliphatic heterocycles. The number of aliphatic imine (C=N–C) groups is 1. The lowest BCUT2D eigenvalue weighted by Crippen LogP contribution is -2.44. The summed E-state index contributed by atoms with van der Waals surface area (Å²) in [6, 6.07) is 5.41. The number of rotatable bonds is 7. The number of aryl methyl sites for hydroxylation is 1. The molecule has 1 fully saturated rings. The number of nitrogens with one attached hydrogen (secondary N) is 2. The molecule has 1 aromatic carbocycles. The first-order chi connectivity index (χ1) is 14.1. The average molecular weight is 546 g/mol. The predicted molar refractivity (Wildman–Crippen MR) is 133 cm³/mol. The highest BCUT2D eigenvalue weighted by atomic mass is 127. The Balaban J connectivity index is 0.00000320. The van der Waals surface area contributed by atoms with Crippen molar-refractivity contribution in [2.24, 2.45) is 12.0 Å². The molecular formula is C21H32FIN6S.